The minimum atomic E-state index is -3.36. The number of hydrogen-bond donors (Lipinski definition) is 2. The molecule has 1 aliphatic heterocycles. The average Bonchev–Trinajstić information content (AvgIpc) is 3.12. The highest BCUT2D eigenvalue weighted by molar-refractivity contribution is 7.99. The fourth-order valence-electron chi connectivity index (χ4n) is 2.86. The first-order valence-electron chi connectivity index (χ1n) is 8.84. The number of ether oxygens (including phenoxy) is 1. The highest BCUT2D eigenvalue weighted by Crippen LogP contribution is 2.15. The number of fused-ring (bicyclic) bond motifs is 1. The van der Waals surface area contributed by atoms with E-state index in [0.29, 0.717) is 30.7 Å². The van der Waals surface area contributed by atoms with Gasteiger partial charge in [0.25, 0.3) is 5.56 Å². The summed E-state index contributed by atoms with van der Waals surface area (Å²) in [6.45, 7) is 3.49. The molecule has 28 heavy (non-hydrogen) atoms. The maximum absolute atomic E-state index is 12.1. The molecule has 1 saturated heterocycles. The molecule has 1 fully saturated rings. The zero-order valence-corrected chi connectivity index (χ0v) is 17.4. The first-order chi connectivity index (χ1) is 13.3. The summed E-state index contributed by atoms with van der Waals surface area (Å²) < 4.78 is 34.3. The fourth-order valence-corrected chi connectivity index (χ4v) is 4.77. The summed E-state index contributed by atoms with van der Waals surface area (Å²) in [5.74, 6) is 0.478. The third kappa shape index (κ3) is 4.84. The standard InChI is InChI=1S/C15H24N6O5S2/c1-19-12-11(13(22)20(2)15(19)23)17-14(18-12)27-9-3-16-28(24,25)10-6-21-4-7-26-8-5-21/h16H,3-10H2,1-2H3,(H,17,18). The quantitative estimate of drug-likeness (QED) is 0.373. The van der Waals surface area contributed by atoms with Gasteiger partial charge in [0.15, 0.2) is 16.3 Å². The lowest BCUT2D eigenvalue weighted by molar-refractivity contribution is 0.0408. The lowest BCUT2D eigenvalue weighted by Crippen LogP contribution is -2.41. The van der Waals surface area contributed by atoms with Gasteiger partial charge in [0, 0.05) is 46.0 Å². The van der Waals surface area contributed by atoms with Crippen LogP contribution in [0.3, 0.4) is 0 Å². The number of sulfonamides is 1. The second kappa shape index (κ2) is 8.78. The Morgan fingerprint density at radius 1 is 1.21 bits per heavy atom. The highest BCUT2D eigenvalue weighted by Gasteiger charge is 2.16. The molecule has 0 atom stereocenters. The van der Waals surface area contributed by atoms with Crippen LogP contribution in [0.5, 0.6) is 0 Å². The number of aromatic nitrogens is 4. The zero-order chi connectivity index (χ0) is 20.3. The van der Waals surface area contributed by atoms with E-state index >= 15 is 0 Å². The summed E-state index contributed by atoms with van der Waals surface area (Å²) in [6.07, 6.45) is 0. The van der Waals surface area contributed by atoms with E-state index in [1.54, 1.807) is 7.05 Å². The maximum Gasteiger partial charge on any atom is 0.332 e. The van der Waals surface area contributed by atoms with E-state index in [9.17, 15) is 18.0 Å². The molecule has 0 aromatic carbocycles. The number of nitrogens with one attached hydrogen (secondary N) is 2. The van der Waals surface area contributed by atoms with Crippen LogP contribution in [0.15, 0.2) is 14.7 Å². The molecule has 0 radical (unpaired) electrons. The lowest BCUT2D eigenvalue weighted by Gasteiger charge is -2.26. The van der Waals surface area contributed by atoms with Crippen LogP contribution in [0.4, 0.5) is 0 Å². The number of morpholine rings is 1. The van der Waals surface area contributed by atoms with Crippen LogP contribution in [-0.2, 0) is 28.9 Å². The first kappa shape index (κ1) is 21.0. The number of aromatic amines is 1. The van der Waals surface area contributed by atoms with Crippen molar-refractivity contribution in [3.63, 3.8) is 0 Å². The Balaban J connectivity index is 1.52. The van der Waals surface area contributed by atoms with Gasteiger partial charge in [-0.1, -0.05) is 11.8 Å². The molecule has 3 heterocycles. The molecule has 0 bridgehead atoms. The second-order valence-electron chi connectivity index (χ2n) is 6.46. The van der Waals surface area contributed by atoms with Crippen molar-refractivity contribution in [2.45, 2.75) is 5.16 Å². The number of rotatable bonds is 8. The van der Waals surface area contributed by atoms with E-state index in [0.717, 1.165) is 17.7 Å². The van der Waals surface area contributed by atoms with Gasteiger partial charge >= 0.3 is 5.69 Å². The molecule has 0 aliphatic carbocycles. The molecule has 2 aromatic rings. The van der Waals surface area contributed by atoms with Crippen molar-refractivity contribution < 1.29 is 13.2 Å². The topological polar surface area (TPSA) is 131 Å². The van der Waals surface area contributed by atoms with Crippen LogP contribution in [-0.4, -0.2) is 83.3 Å². The molecule has 156 valence electrons. The van der Waals surface area contributed by atoms with E-state index in [2.05, 4.69) is 19.6 Å². The molecule has 0 saturated carbocycles. The van der Waals surface area contributed by atoms with Crippen molar-refractivity contribution in [2.75, 3.05) is 50.9 Å². The second-order valence-corrected chi connectivity index (χ2v) is 9.47. The van der Waals surface area contributed by atoms with E-state index in [1.165, 1.54) is 23.4 Å². The molecule has 0 unspecified atom stereocenters. The Kier molecular flexibility index (Phi) is 6.60. The molecule has 0 amide bonds. The van der Waals surface area contributed by atoms with Crippen LogP contribution in [0.25, 0.3) is 11.2 Å². The molecule has 2 aromatic heterocycles. The van der Waals surface area contributed by atoms with Gasteiger partial charge in [-0.2, -0.15) is 0 Å². The number of H-pyrrole nitrogens is 1. The molecular formula is C15H24N6O5S2. The van der Waals surface area contributed by atoms with E-state index in [1.807, 2.05) is 0 Å². The Labute approximate surface area is 166 Å². The Hall–Kier alpha value is -1.67. The minimum Gasteiger partial charge on any atom is -0.379 e. The van der Waals surface area contributed by atoms with Gasteiger partial charge < -0.3 is 9.72 Å². The van der Waals surface area contributed by atoms with Crippen molar-refractivity contribution >= 4 is 32.9 Å². The number of nitrogens with zero attached hydrogens (tertiary/aromatic N) is 4. The summed E-state index contributed by atoms with van der Waals surface area (Å²) in [6, 6.07) is 0. The number of hydrogen-bond acceptors (Lipinski definition) is 8. The van der Waals surface area contributed by atoms with Gasteiger partial charge in [0.1, 0.15) is 0 Å². The van der Waals surface area contributed by atoms with Crippen molar-refractivity contribution in [1.29, 1.82) is 0 Å². The molecular weight excluding hydrogens is 408 g/mol. The molecule has 0 spiro atoms. The van der Waals surface area contributed by atoms with Gasteiger partial charge in [-0.05, 0) is 0 Å². The fraction of sp³-hybridized carbons (Fsp3) is 0.667. The van der Waals surface area contributed by atoms with Crippen molar-refractivity contribution in [3.8, 4) is 0 Å². The lowest BCUT2D eigenvalue weighted by atomic mass is 10.4. The molecule has 13 heteroatoms. The summed E-state index contributed by atoms with van der Waals surface area (Å²) in [7, 11) is -0.410. The Morgan fingerprint density at radius 3 is 2.64 bits per heavy atom. The summed E-state index contributed by atoms with van der Waals surface area (Å²) in [4.78, 5) is 33.3. The van der Waals surface area contributed by atoms with Gasteiger partial charge in [-0.25, -0.2) is 22.9 Å². The summed E-state index contributed by atoms with van der Waals surface area (Å²) in [5, 5.41) is 0.459. The van der Waals surface area contributed by atoms with Crippen LogP contribution in [0, 0.1) is 0 Å². The van der Waals surface area contributed by atoms with Gasteiger partial charge in [0.05, 0.1) is 19.0 Å². The Morgan fingerprint density at radius 2 is 1.93 bits per heavy atom. The SMILES string of the molecule is Cn1c(=O)c2[nH]c(SCCNS(=O)(=O)CCN3CCOCC3)nc2n(C)c1=O. The predicted octanol–water partition coefficient (Wildman–Crippen LogP) is -1.70. The Bertz CT molecular complexity index is 1050. The highest BCUT2D eigenvalue weighted by atomic mass is 32.2. The molecule has 1 aliphatic rings. The minimum absolute atomic E-state index is 0.0421. The first-order valence-corrected chi connectivity index (χ1v) is 11.5. The third-order valence-corrected chi connectivity index (χ3v) is 6.75. The third-order valence-electron chi connectivity index (χ3n) is 4.52. The smallest absolute Gasteiger partial charge is 0.332 e. The van der Waals surface area contributed by atoms with E-state index < -0.39 is 21.3 Å². The van der Waals surface area contributed by atoms with Crippen molar-refractivity contribution in [1.82, 2.24) is 28.7 Å². The van der Waals surface area contributed by atoms with Gasteiger partial charge in [0.2, 0.25) is 10.0 Å². The van der Waals surface area contributed by atoms with Crippen LogP contribution in [0.2, 0.25) is 0 Å². The maximum atomic E-state index is 12.1. The monoisotopic (exact) mass is 432 g/mol. The van der Waals surface area contributed by atoms with Crippen LogP contribution < -0.4 is 16.0 Å². The van der Waals surface area contributed by atoms with Gasteiger partial charge in [-0.15, -0.1) is 0 Å². The van der Waals surface area contributed by atoms with Crippen molar-refractivity contribution in [3.05, 3.63) is 20.8 Å². The van der Waals surface area contributed by atoms with Gasteiger partial charge in [-0.3, -0.25) is 18.8 Å². The van der Waals surface area contributed by atoms with E-state index in [-0.39, 0.29) is 23.5 Å². The predicted molar refractivity (Wildman–Crippen MR) is 106 cm³/mol. The number of thioether (sulfide) groups is 1. The zero-order valence-electron chi connectivity index (χ0n) is 15.8. The molecule has 3 rings (SSSR count). The number of aryl methyl sites for hydroxylation is 1. The average molecular weight is 433 g/mol. The summed E-state index contributed by atoms with van der Waals surface area (Å²) in [5.41, 5.74) is -0.366. The summed E-state index contributed by atoms with van der Waals surface area (Å²) >= 11 is 1.28. The van der Waals surface area contributed by atoms with Crippen LogP contribution >= 0.6 is 11.8 Å². The van der Waals surface area contributed by atoms with Crippen LogP contribution in [0.1, 0.15) is 0 Å². The molecule has 11 nitrogen and oxygen atoms in total. The van der Waals surface area contributed by atoms with Crippen molar-refractivity contribution in [2.24, 2.45) is 14.1 Å². The van der Waals surface area contributed by atoms with E-state index in [4.69, 9.17) is 4.74 Å². The molecule has 2 N–H and O–H groups in total. The number of imidazole rings is 1. The largest absolute Gasteiger partial charge is 0.379 e. The normalized spacial score (nSPS) is 16.1.